The summed E-state index contributed by atoms with van der Waals surface area (Å²) in [7, 11) is 0. The first kappa shape index (κ1) is 18.9. The van der Waals surface area contributed by atoms with Crippen molar-refractivity contribution >= 4 is 24.0 Å². The number of benzene rings is 1. The Bertz CT molecular complexity index is 777. The number of rotatable bonds is 4. The number of para-hydroxylation sites is 2. The summed E-state index contributed by atoms with van der Waals surface area (Å²) in [6.07, 6.45) is 2.45. The molecule has 8 nitrogen and oxygen atoms in total. The van der Waals surface area contributed by atoms with Crippen LogP contribution in [0.4, 0.5) is 5.69 Å². The molecular formula is C16H20ClN5O3. The van der Waals surface area contributed by atoms with Crippen LogP contribution in [0.15, 0.2) is 36.5 Å². The van der Waals surface area contributed by atoms with E-state index in [1.54, 1.807) is 35.4 Å². The van der Waals surface area contributed by atoms with Crippen molar-refractivity contribution in [2.45, 2.75) is 19.4 Å². The van der Waals surface area contributed by atoms with Crippen LogP contribution in [-0.2, 0) is 0 Å². The monoisotopic (exact) mass is 365 g/mol. The number of nitro benzene ring substituents is 1. The van der Waals surface area contributed by atoms with E-state index in [1.807, 2.05) is 6.92 Å². The predicted octanol–water partition coefficient (Wildman–Crippen LogP) is 2.01. The Morgan fingerprint density at radius 3 is 2.76 bits per heavy atom. The Morgan fingerprint density at radius 2 is 2.12 bits per heavy atom. The highest BCUT2D eigenvalue weighted by molar-refractivity contribution is 5.92. The molecule has 1 aliphatic heterocycles. The van der Waals surface area contributed by atoms with Gasteiger partial charge in [0.05, 0.1) is 4.92 Å². The van der Waals surface area contributed by atoms with Gasteiger partial charge in [0, 0.05) is 31.4 Å². The molecule has 0 bridgehead atoms. The van der Waals surface area contributed by atoms with E-state index in [2.05, 4.69) is 5.10 Å². The van der Waals surface area contributed by atoms with Crippen molar-refractivity contribution in [2.24, 2.45) is 11.7 Å². The number of likely N-dealkylation sites (tertiary alicyclic amines) is 1. The summed E-state index contributed by atoms with van der Waals surface area (Å²) >= 11 is 0. The molecule has 0 radical (unpaired) electrons. The standard InChI is InChI=1S/C16H19N5O3.ClH/c1-11(17)12-6-8-19(10-12)16(22)13-7-9-20(18-13)14-4-2-3-5-15(14)21(23)24;/h2-5,7,9,11-12H,6,8,10,17H2,1H3;1H. The molecular weight excluding hydrogens is 346 g/mol. The summed E-state index contributed by atoms with van der Waals surface area (Å²) in [6, 6.07) is 7.92. The lowest BCUT2D eigenvalue weighted by Crippen LogP contribution is -2.33. The van der Waals surface area contributed by atoms with Crippen molar-refractivity contribution in [1.29, 1.82) is 0 Å². The molecule has 0 aliphatic carbocycles. The number of nitro groups is 1. The largest absolute Gasteiger partial charge is 0.337 e. The Labute approximate surface area is 151 Å². The van der Waals surface area contributed by atoms with E-state index in [0.717, 1.165) is 6.42 Å². The number of carbonyl (C=O) groups excluding carboxylic acids is 1. The van der Waals surface area contributed by atoms with Crippen LogP contribution in [0.5, 0.6) is 0 Å². The maximum atomic E-state index is 12.6. The van der Waals surface area contributed by atoms with E-state index >= 15 is 0 Å². The quantitative estimate of drug-likeness (QED) is 0.658. The molecule has 2 N–H and O–H groups in total. The first-order valence-corrected chi connectivity index (χ1v) is 7.81. The molecule has 3 rings (SSSR count). The van der Waals surface area contributed by atoms with Gasteiger partial charge in [0.2, 0.25) is 0 Å². The Morgan fingerprint density at radius 1 is 1.40 bits per heavy atom. The second-order valence-electron chi connectivity index (χ2n) is 6.05. The highest BCUT2D eigenvalue weighted by Gasteiger charge is 2.30. The van der Waals surface area contributed by atoms with E-state index in [9.17, 15) is 14.9 Å². The third-order valence-corrected chi connectivity index (χ3v) is 4.39. The summed E-state index contributed by atoms with van der Waals surface area (Å²) in [5.74, 6) is 0.127. The number of halogens is 1. The first-order chi connectivity index (χ1) is 11.5. The molecule has 134 valence electrons. The van der Waals surface area contributed by atoms with Crippen molar-refractivity contribution in [2.75, 3.05) is 13.1 Å². The zero-order valence-electron chi connectivity index (χ0n) is 13.7. The summed E-state index contributed by atoms with van der Waals surface area (Å²) < 4.78 is 1.37. The molecule has 0 spiro atoms. The lowest BCUT2D eigenvalue weighted by Gasteiger charge is -2.17. The fourth-order valence-electron chi connectivity index (χ4n) is 2.95. The van der Waals surface area contributed by atoms with Gasteiger partial charge >= 0.3 is 0 Å². The van der Waals surface area contributed by atoms with E-state index in [4.69, 9.17) is 5.73 Å². The minimum atomic E-state index is -0.466. The summed E-state index contributed by atoms with van der Waals surface area (Å²) in [4.78, 5) is 24.9. The highest BCUT2D eigenvalue weighted by atomic mass is 35.5. The van der Waals surface area contributed by atoms with E-state index in [0.29, 0.717) is 24.7 Å². The fourth-order valence-corrected chi connectivity index (χ4v) is 2.95. The average Bonchev–Trinajstić information content (AvgIpc) is 3.24. The number of aromatic nitrogens is 2. The van der Waals surface area contributed by atoms with Gasteiger partial charge in [0.25, 0.3) is 11.6 Å². The van der Waals surface area contributed by atoms with Gasteiger partial charge in [-0.05, 0) is 31.4 Å². The molecule has 2 heterocycles. The van der Waals surface area contributed by atoms with Gasteiger partial charge in [-0.25, -0.2) is 4.68 Å². The number of nitrogens with two attached hydrogens (primary N) is 1. The predicted molar refractivity (Wildman–Crippen MR) is 95.1 cm³/mol. The molecule has 1 saturated heterocycles. The Hall–Kier alpha value is -2.45. The number of amides is 1. The zero-order chi connectivity index (χ0) is 17.3. The van der Waals surface area contributed by atoms with Crippen molar-refractivity contribution < 1.29 is 9.72 Å². The summed E-state index contributed by atoms with van der Waals surface area (Å²) in [6.45, 7) is 3.22. The first-order valence-electron chi connectivity index (χ1n) is 7.81. The topological polar surface area (TPSA) is 107 Å². The van der Waals surface area contributed by atoms with Crippen LogP contribution in [0, 0.1) is 16.0 Å². The van der Waals surface area contributed by atoms with Gasteiger partial charge in [0.15, 0.2) is 5.69 Å². The molecule has 1 amide bonds. The maximum absolute atomic E-state index is 12.6. The molecule has 0 saturated carbocycles. The average molecular weight is 366 g/mol. The van der Waals surface area contributed by atoms with Crippen molar-refractivity contribution in [3.8, 4) is 5.69 Å². The van der Waals surface area contributed by atoms with Crippen LogP contribution < -0.4 is 5.73 Å². The van der Waals surface area contributed by atoms with Crippen LogP contribution in [-0.4, -0.2) is 44.6 Å². The van der Waals surface area contributed by atoms with Crippen molar-refractivity contribution in [1.82, 2.24) is 14.7 Å². The molecule has 1 aromatic carbocycles. The van der Waals surface area contributed by atoms with Crippen molar-refractivity contribution in [3.63, 3.8) is 0 Å². The van der Waals surface area contributed by atoms with Crippen molar-refractivity contribution in [3.05, 3.63) is 52.3 Å². The minimum Gasteiger partial charge on any atom is -0.337 e. The minimum absolute atomic E-state index is 0. The Balaban J connectivity index is 0.00000225. The third-order valence-electron chi connectivity index (χ3n) is 4.39. The lowest BCUT2D eigenvalue weighted by atomic mass is 10.0. The molecule has 9 heteroatoms. The maximum Gasteiger partial charge on any atom is 0.294 e. The molecule has 1 fully saturated rings. The van der Waals surface area contributed by atoms with Gasteiger partial charge < -0.3 is 10.6 Å². The molecule has 2 atom stereocenters. The zero-order valence-corrected chi connectivity index (χ0v) is 14.6. The number of nitrogens with zero attached hydrogens (tertiary/aromatic N) is 4. The normalized spacial score (nSPS) is 17.8. The van der Waals surface area contributed by atoms with Crippen LogP contribution >= 0.6 is 12.4 Å². The fraction of sp³-hybridized carbons (Fsp3) is 0.375. The van der Waals surface area contributed by atoms with Crippen LogP contribution in [0.1, 0.15) is 23.8 Å². The summed E-state index contributed by atoms with van der Waals surface area (Å²) in [5.41, 5.74) is 6.45. The SMILES string of the molecule is CC(N)C1CCN(C(=O)c2ccn(-c3ccccc3[N+](=O)[O-])n2)C1.Cl. The van der Waals surface area contributed by atoms with Gasteiger partial charge in [-0.2, -0.15) is 5.10 Å². The molecule has 2 unspecified atom stereocenters. The van der Waals surface area contributed by atoms with Crippen LogP contribution in [0.25, 0.3) is 5.69 Å². The Kier molecular flexibility index (Phi) is 5.76. The summed E-state index contributed by atoms with van der Waals surface area (Å²) in [5, 5.41) is 15.3. The van der Waals surface area contributed by atoms with Gasteiger partial charge in [0.1, 0.15) is 5.69 Å². The van der Waals surface area contributed by atoms with Gasteiger partial charge in [-0.1, -0.05) is 12.1 Å². The van der Waals surface area contributed by atoms with Gasteiger partial charge in [-0.3, -0.25) is 14.9 Å². The molecule has 1 aliphatic rings. The second-order valence-corrected chi connectivity index (χ2v) is 6.05. The molecule has 25 heavy (non-hydrogen) atoms. The smallest absolute Gasteiger partial charge is 0.294 e. The van der Waals surface area contributed by atoms with E-state index in [-0.39, 0.29) is 35.7 Å². The highest BCUT2D eigenvalue weighted by Crippen LogP contribution is 2.23. The lowest BCUT2D eigenvalue weighted by molar-refractivity contribution is -0.384. The van der Waals surface area contributed by atoms with Crippen LogP contribution in [0.3, 0.4) is 0 Å². The molecule has 1 aromatic heterocycles. The van der Waals surface area contributed by atoms with E-state index < -0.39 is 4.92 Å². The van der Waals surface area contributed by atoms with E-state index in [1.165, 1.54) is 10.7 Å². The second kappa shape index (κ2) is 7.62. The third kappa shape index (κ3) is 3.80. The van der Waals surface area contributed by atoms with Gasteiger partial charge in [-0.15, -0.1) is 12.4 Å². The number of carbonyl (C=O) groups is 1. The van der Waals surface area contributed by atoms with Crippen LogP contribution in [0.2, 0.25) is 0 Å². The number of hydrogen-bond donors (Lipinski definition) is 1. The molecule has 2 aromatic rings. The number of hydrogen-bond acceptors (Lipinski definition) is 5.